The van der Waals surface area contributed by atoms with E-state index in [9.17, 15) is 22.8 Å². The number of hydrogen-bond acceptors (Lipinski definition) is 4. The van der Waals surface area contributed by atoms with Crippen LogP contribution in [0.15, 0.2) is 59.4 Å². The number of rotatable bonds is 4. The van der Waals surface area contributed by atoms with Crippen LogP contribution >= 0.6 is 0 Å². The van der Waals surface area contributed by atoms with Gasteiger partial charge >= 0.3 is 6.18 Å². The number of morpholine rings is 1. The molecule has 2 aromatic carbocycles. The fourth-order valence-corrected chi connectivity index (χ4v) is 3.92. The van der Waals surface area contributed by atoms with Gasteiger partial charge < -0.3 is 15.0 Å². The zero-order chi connectivity index (χ0) is 24.5. The van der Waals surface area contributed by atoms with Crippen molar-refractivity contribution < 1.29 is 22.7 Å². The molecular weight excluding hydrogens is 447 g/mol. The Morgan fingerprint density at radius 1 is 1.03 bits per heavy atom. The van der Waals surface area contributed by atoms with Crippen LogP contribution in [-0.4, -0.2) is 36.8 Å². The van der Waals surface area contributed by atoms with E-state index in [2.05, 4.69) is 10.2 Å². The molecule has 1 N–H and O–H groups in total. The Morgan fingerprint density at radius 3 is 2.47 bits per heavy atom. The highest BCUT2D eigenvalue weighted by atomic mass is 19.4. The number of amides is 1. The van der Waals surface area contributed by atoms with Crippen LogP contribution in [0.2, 0.25) is 0 Å². The summed E-state index contributed by atoms with van der Waals surface area (Å²) >= 11 is 0. The molecule has 1 amide bonds. The van der Waals surface area contributed by atoms with E-state index >= 15 is 0 Å². The van der Waals surface area contributed by atoms with Crippen molar-refractivity contribution in [2.24, 2.45) is 7.05 Å². The molecule has 1 fully saturated rings. The largest absolute Gasteiger partial charge is 0.416 e. The molecule has 6 nitrogen and oxygen atoms in total. The number of anilines is 2. The number of halogens is 3. The Labute approximate surface area is 194 Å². The Hall–Kier alpha value is -3.59. The third-order valence-electron chi connectivity index (χ3n) is 5.83. The monoisotopic (exact) mass is 471 g/mol. The van der Waals surface area contributed by atoms with Crippen molar-refractivity contribution in [3.8, 4) is 11.1 Å². The number of aromatic nitrogens is 1. The van der Waals surface area contributed by atoms with E-state index in [1.807, 2.05) is 13.0 Å². The van der Waals surface area contributed by atoms with E-state index in [0.29, 0.717) is 37.4 Å². The first-order valence-corrected chi connectivity index (χ1v) is 10.8. The molecule has 2 heterocycles. The first kappa shape index (κ1) is 23.6. The molecule has 0 bridgehead atoms. The summed E-state index contributed by atoms with van der Waals surface area (Å²) in [6.45, 7) is 4.34. The average molecular weight is 471 g/mol. The van der Waals surface area contributed by atoms with Gasteiger partial charge in [0.2, 0.25) is 0 Å². The smallest absolute Gasteiger partial charge is 0.378 e. The molecule has 1 aliphatic heterocycles. The second-order valence-corrected chi connectivity index (χ2v) is 8.16. The number of carbonyl (C=O) groups excluding carboxylic acids is 1. The van der Waals surface area contributed by atoms with Gasteiger partial charge in [0.1, 0.15) is 5.82 Å². The van der Waals surface area contributed by atoms with Gasteiger partial charge in [0.05, 0.1) is 18.8 Å². The van der Waals surface area contributed by atoms with E-state index in [1.54, 1.807) is 29.8 Å². The molecule has 0 saturated carbocycles. The lowest BCUT2D eigenvalue weighted by Gasteiger charge is -2.30. The van der Waals surface area contributed by atoms with Crippen molar-refractivity contribution in [2.75, 3.05) is 36.5 Å². The van der Waals surface area contributed by atoms with Crippen molar-refractivity contribution in [1.29, 1.82) is 0 Å². The maximum Gasteiger partial charge on any atom is 0.416 e. The second kappa shape index (κ2) is 9.34. The molecule has 34 heavy (non-hydrogen) atoms. The lowest BCUT2D eigenvalue weighted by molar-refractivity contribution is -0.137. The number of hydrogen-bond donors (Lipinski definition) is 1. The highest BCUT2D eigenvalue weighted by molar-refractivity contribution is 6.05. The molecular formula is C25H24F3N3O3. The number of benzene rings is 2. The zero-order valence-electron chi connectivity index (χ0n) is 18.8. The van der Waals surface area contributed by atoms with Gasteiger partial charge in [0.25, 0.3) is 11.5 Å². The Balaban J connectivity index is 1.66. The van der Waals surface area contributed by atoms with Crippen molar-refractivity contribution >= 4 is 17.4 Å². The number of nitrogens with zero attached hydrogens (tertiary/aromatic N) is 2. The maximum atomic E-state index is 13.0. The van der Waals surface area contributed by atoms with Gasteiger partial charge in [-0.3, -0.25) is 14.2 Å². The fraction of sp³-hybridized carbons (Fsp3) is 0.280. The summed E-state index contributed by atoms with van der Waals surface area (Å²) < 4.78 is 46.0. The normalized spacial score (nSPS) is 14.2. The summed E-state index contributed by atoms with van der Waals surface area (Å²) in [5.74, 6) is 0.210. The molecule has 0 aliphatic carbocycles. The number of aryl methyl sites for hydroxylation is 1. The number of carbonyl (C=O) groups is 1. The first-order valence-electron chi connectivity index (χ1n) is 10.8. The summed E-state index contributed by atoms with van der Waals surface area (Å²) in [4.78, 5) is 27.6. The third kappa shape index (κ3) is 4.99. The van der Waals surface area contributed by atoms with E-state index in [1.165, 1.54) is 18.2 Å². The van der Waals surface area contributed by atoms with Crippen LogP contribution < -0.4 is 15.8 Å². The molecule has 4 rings (SSSR count). The summed E-state index contributed by atoms with van der Waals surface area (Å²) in [5.41, 5.74) is 1.51. The Bertz CT molecular complexity index is 1280. The number of nitrogens with one attached hydrogen (secondary N) is 1. The first-order chi connectivity index (χ1) is 16.1. The van der Waals surface area contributed by atoms with Gasteiger partial charge in [0, 0.05) is 37.5 Å². The Kier molecular flexibility index (Phi) is 6.47. The van der Waals surface area contributed by atoms with Gasteiger partial charge in [0.15, 0.2) is 0 Å². The van der Waals surface area contributed by atoms with Gasteiger partial charge in [-0.25, -0.2) is 0 Å². The van der Waals surface area contributed by atoms with Crippen LogP contribution in [-0.2, 0) is 18.0 Å². The average Bonchev–Trinajstić information content (AvgIpc) is 2.81. The van der Waals surface area contributed by atoms with Crippen LogP contribution in [0.25, 0.3) is 11.1 Å². The Morgan fingerprint density at radius 2 is 1.76 bits per heavy atom. The van der Waals surface area contributed by atoms with Crippen LogP contribution in [0, 0.1) is 6.92 Å². The van der Waals surface area contributed by atoms with E-state index in [0.717, 1.165) is 23.5 Å². The van der Waals surface area contributed by atoms with Crippen molar-refractivity contribution in [2.45, 2.75) is 13.1 Å². The molecule has 1 aliphatic rings. The summed E-state index contributed by atoms with van der Waals surface area (Å²) in [6.07, 6.45) is -4.50. The van der Waals surface area contributed by atoms with Crippen LogP contribution in [0.5, 0.6) is 0 Å². The molecule has 0 atom stereocenters. The second-order valence-electron chi connectivity index (χ2n) is 8.16. The molecule has 0 radical (unpaired) electrons. The zero-order valence-corrected chi connectivity index (χ0v) is 18.8. The van der Waals surface area contributed by atoms with Crippen molar-refractivity contribution in [3.63, 3.8) is 0 Å². The van der Waals surface area contributed by atoms with E-state index < -0.39 is 17.6 Å². The SMILES string of the molecule is Cc1ccc(C(=O)Nc2cccc(C(F)(F)F)c2)cc1-c1cc(N2CCOCC2)n(C)c(=O)c1. The molecule has 0 spiro atoms. The van der Waals surface area contributed by atoms with Crippen LogP contribution in [0.3, 0.4) is 0 Å². The summed E-state index contributed by atoms with van der Waals surface area (Å²) in [5, 5.41) is 2.53. The number of ether oxygens (including phenoxy) is 1. The van der Waals surface area contributed by atoms with E-state index in [4.69, 9.17) is 4.74 Å². The standard InChI is InChI=1S/C25H24F3N3O3/c1-16-6-7-17(24(33)29-20-5-3-4-19(15-20)25(26,27)28)12-21(16)18-13-22(30(2)23(32)14-18)31-8-10-34-11-9-31/h3-7,12-15H,8-11H2,1-2H3,(H,29,33). The van der Waals surface area contributed by atoms with E-state index in [-0.39, 0.29) is 16.8 Å². The minimum absolute atomic E-state index is 0.0464. The molecule has 9 heteroatoms. The summed E-state index contributed by atoms with van der Waals surface area (Å²) in [7, 11) is 1.71. The third-order valence-corrected chi connectivity index (χ3v) is 5.83. The highest BCUT2D eigenvalue weighted by Gasteiger charge is 2.30. The van der Waals surface area contributed by atoms with Gasteiger partial charge in [-0.15, -0.1) is 0 Å². The highest BCUT2D eigenvalue weighted by Crippen LogP contribution is 2.31. The lowest BCUT2D eigenvalue weighted by atomic mass is 9.98. The quantitative estimate of drug-likeness (QED) is 0.610. The fourth-order valence-electron chi connectivity index (χ4n) is 3.92. The topological polar surface area (TPSA) is 63.6 Å². The summed E-state index contributed by atoms with van der Waals surface area (Å²) in [6, 6.07) is 12.9. The number of pyridine rings is 1. The minimum atomic E-state index is -4.50. The molecule has 1 aromatic heterocycles. The van der Waals surface area contributed by atoms with Gasteiger partial charge in [-0.1, -0.05) is 12.1 Å². The predicted octanol–water partition coefficient (Wildman–Crippen LogP) is 4.47. The maximum absolute atomic E-state index is 13.0. The number of alkyl halides is 3. The predicted molar refractivity (Wildman–Crippen MR) is 124 cm³/mol. The molecule has 3 aromatic rings. The lowest BCUT2D eigenvalue weighted by Crippen LogP contribution is -2.39. The van der Waals surface area contributed by atoms with Crippen molar-refractivity contribution in [3.05, 3.63) is 81.6 Å². The van der Waals surface area contributed by atoms with Gasteiger partial charge in [-0.2, -0.15) is 13.2 Å². The van der Waals surface area contributed by atoms with Gasteiger partial charge in [-0.05, 0) is 60.0 Å². The molecule has 178 valence electrons. The van der Waals surface area contributed by atoms with Crippen molar-refractivity contribution in [1.82, 2.24) is 4.57 Å². The van der Waals surface area contributed by atoms with Crippen LogP contribution in [0.4, 0.5) is 24.7 Å². The van der Waals surface area contributed by atoms with Crippen LogP contribution in [0.1, 0.15) is 21.5 Å². The molecule has 1 saturated heterocycles. The molecule has 0 unspecified atom stereocenters. The minimum Gasteiger partial charge on any atom is -0.378 e.